The molecule has 8 heteroatoms. The number of hydrogen-bond donors (Lipinski definition) is 2. The Labute approximate surface area is 217 Å². The second-order valence-electron chi connectivity index (χ2n) is 9.90. The van der Waals surface area contributed by atoms with Crippen molar-refractivity contribution in [3.8, 4) is 0 Å². The molecule has 0 aromatic heterocycles. The lowest BCUT2D eigenvalue weighted by Gasteiger charge is -2.35. The number of hydrogen-bond acceptors (Lipinski definition) is 6. The summed E-state index contributed by atoms with van der Waals surface area (Å²) in [5.74, 6) is 0.656. The van der Waals surface area contributed by atoms with Crippen molar-refractivity contribution < 1.29 is 14.3 Å². The summed E-state index contributed by atoms with van der Waals surface area (Å²) in [5.41, 5.74) is 2.75. The summed E-state index contributed by atoms with van der Waals surface area (Å²) in [6.07, 6.45) is 4.60. The molecule has 2 saturated heterocycles. The lowest BCUT2D eigenvalue weighted by Crippen LogP contribution is -2.48. The number of piperidine rings is 1. The molecule has 2 aromatic carbocycles. The normalized spacial score (nSPS) is 21.6. The van der Waals surface area contributed by atoms with Gasteiger partial charge in [0, 0.05) is 30.1 Å². The molecule has 0 spiro atoms. The summed E-state index contributed by atoms with van der Waals surface area (Å²) in [7, 11) is 0. The van der Waals surface area contributed by atoms with Gasteiger partial charge in [-0.15, -0.1) is 0 Å². The molecule has 5 rings (SSSR count). The number of amides is 2. The van der Waals surface area contributed by atoms with E-state index in [4.69, 9.17) is 4.74 Å². The Bertz CT molecular complexity index is 1040. The van der Waals surface area contributed by atoms with Crippen LogP contribution >= 0.6 is 11.8 Å². The molecule has 1 atom stereocenters. The highest BCUT2D eigenvalue weighted by molar-refractivity contribution is 8.00. The predicted octanol–water partition coefficient (Wildman–Crippen LogP) is 3.46. The number of anilines is 1. The minimum absolute atomic E-state index is 0.0282. The summed E-state index contributed by atoms with van der Waals surface area (Å²) in [6, 6.07) is 16.4. The fourth-order valence-electron chi connectivity index (χ4n) is 5.26. The molecule has 0 saturated carbocycles. The first-order valence-electron chi connectivity index (χ1n) is 13.1. The van der Waals surface area contributed by atoms with Crippen molar-refractivity contribution in [1.29, 1.82) is 0 Å². The molecular weight excluding hydrogens is 472 g/mol. The Morgan fingerprint density at radius 1 is 1.06 bits per heavy atom. The average Bonchev–Trinajstić information content (AvgIpc) is 2.92. The van der Waals surface area contributed by atoms with E-state index < -0.39 is 0 Å². The number of fused-ring (bicyclic) bond motifs is 1. The number of carbonyl (C=O) groups is 2. The van der Waals surface area contributed by atoms with Crippen molar-refractivity contribution in [2.45, 2.75) is 36.0 Å². The van der Waals surface area contributed by atoms with Crippen LogP contribution in [0.4, 0.5) is 5.69 Å². The van der Waals surface area contributed by atoms with Gasteiger partial charge in [0.25, 0.3) is 11.8 Å². The third-order valence-corrected chi connectivity index (χ3v) is 8.70. The van der Waals surface area contributed by atoms with Gasteiger partial charge in [0.15, 0.2) is 0 Å². The zero-order chi connectivity index (χ0) is 24.7. The number of benzene rings is 2. The number of rotatable bonds is 8. The minimum Gasteiger partial charge on any atom is -0.379 e. The molecule has 0 aliphatic carbocycles. The first-order chi connectivity index (χ1) is 17.7. The smallest absolute Gasteiger partial charge is 0.252 e. The highest BCUT2D eigenvalue weighted by Gasteiger charge is 2.33. The third-order valence-electron chi connectivity index (χ3n) is 7.35. The van der Waals surface area contributed by atoms with Crippen LogP contribution in [0.5, 0.6) is 0 Å². The Balaban J connectivity index is 1.03. The van der Waals surface area contributed by atoms with Gasteiger partial charge < -0.3 is 20.3 Å². The van der Waals surface area contributed by atoms with Crippen molar-refractivity contribution >= 4 is 29.3 Å². The van der Waals surface area contributed by atoms with Gasteiger partial charge in [-0.25, -0.2) is 0 Å². The number of ether oxygens (including phenoxy) is 1. The van der Waals surface area contributed by atoms with Gasteiger partial charge in [-0.1, -0.05) is 42.1 Å². The number of thioether (sulfide) groups is 1. The molecule has 3 heterocycles. The number of morpholine rings is 1. The quantitative estimate of drug-likeness (QED) is 0.532. The standard InChI is InChI=1S/C28H36N4O3S/c33-26(29-11-4-12-31-13-9-22(10-14-31)19-21-5-2-1-3-6-21)23-7-8-25-24(20-23)30-27(34)28(36-25)32-15-17-35-18-16-32/h1-3,5-8,20,22,28H,4,9-19H2,(H,29,33)(H,30,34)/t28-/m1/s1. The SMILES string of the molecule is O=C(NCCCN1CCC(Cc2ccccc2)CC1)c1ccc2c(c1)NC(=O)[C@H](N1CCOCC1)S2. The zero-order valence-electron chi connectivity index (χ0n) is 20.8. The van der Waals surface area contributed by atoms with Gasteiger partial charge in [-0.2, -0.15) is 0 Å². The molecule has 2 N–H and O–H groups in total. The van der Waals surface area contributed by atoms with Gasteiger partial charge in [0.1, 0.15) is 5.37 Å². The summed E-state index contributed by atoms with van der Waals surface area (Å²) in [5, 5.41) is 5.81. The van der Waals surface area contributed by atoms with E-state index >= 15 is 0 Å². The van der Waals surface area contributed by atoms with E-state index in [-0.39, 0.29) is 17.2 Å². The van der Waals surface area contributed by atoms with Crippen molar-refractivity contribution in [3.63, 3.8) is 0 Å². The molecule has 2 fully saturated rings. The molecule has 2 amide bonds. The van der Waals surface area contributed by atoms with Crippen molar-refractivity contribution in [2.24, 2.45) is 5.92 Å². The van der Waals surface area contributed by atoms with E-state index in [1.165, 1.54) is 24.8 Å². The lowest BCUT2D eigenvalue weighted by molar-refractivity contribution is -0.119. The molecular formula is C28H36N4O3S. The molecule has 2 aromatic rings. The van der Waals surface area contributed by atoms with E-state index in [1.807, 2.05) is 12.1 Å². The van der Waals surface area contributed by atoms with Gasteiger partial charge >= 0.3 is 0 Å². The Morgan fingerprint density at radius 3 is 2.61 bits per heavy atom. The highest BCUT2D eigenvalue weighted by Crippen LogP contribution is 2.37. The molecule has 0 radical (unpaired) electrons. The zero-order valence-corrected chi connectivity index (χ0v) is 21.6. The van der Waals surface area contributed by atoms with Crippen LogP contribution in [0.2, 0.25) is 0 Å². The van der Waals surface area contributed by atoms with Crippen LogP contribution in [-0.2, 0) is 16.0 Å². The predicted molar refractivity (Wildman–Crippen MR) is 143 cm³/mol. The van der Waals surface area contributed by atoms with Crippen LogP contribution in [0.1, 0.15) is 35.2 Å². The number of likely N-dealkylation sites (tertiary alicyclic amines) is 1. The summed E-state index contributed by atoms with van der Waals surface area (Å²) < 4.78 is 5.41. The van der Waals surface area contributed by atoms with Crippen molar-refractivity contribution in [1.82, 2.24) is 15.1 Å². The van der Waals surface area contributed by atoms with E-state index in [1.54, 1.807) is 17.8 Å². The van der Waals surface area contributed by atoms with Crippen LogP contribution in [0.15, 0.2) is 53.4 Å². The van der Waals surface area contributed by atoms with Gasteiger partial charge in [-0.05, 0) is 75.0 Å². The van der Waals surface area contributed by atoms with E-state index in [0.29, 0.717) is 25.3 Å². The molecule has 3 aliphatic rings. The van der Waals surface area contributed by atoms with E-state index in [2.05, 4.69) is 50.8 Å². The van der Waals surface area contributed by atoms with Crippen LogP contribution in [0, 0.1) is 5.92 Å². The first kappa shape index (κ1) is 25.3. The lowest BCUT2D eigenvalue weighted by atomic mass is 9.90. The molecule has 7 nitrogen and oxygen atoms in total. The maximum atomic E-state index is 12.7. The Morgan fingerprint density at radius 2 is 1.83 bits per heavy atom. The third kappa shape index (κ3) is 6.48. The van der Waals surface area contributed by atoms with Crippen LogP contribution in [0.3, 0.4) is 0 Å². The molecule has 192 valence electrons. The average molecular weight is 509 g/mol. The molecule has 3 aliphatic heterocycles. The van der Waals surface area contributed by atoms with Gasteiger partial charge in [0.05, 0.1) is 18.9 Å². The molecule has 0 unspecified atom stereocenters. The van der Waals surface area contributed by atoms with E-state index in [9.17, 15) is 9.59 Å². The van der Waals surface area contributed by atoms with Crippen LogP contribution < -0.4 is 10.6 Å². The van der Waals surface area contributed by atoms with Crippen molar-refractivity contribution in [2.75, 3.05) is 57.8 Å². The maximum absolute atomic E-state index is 12.7. The second kappa shape index (κ2) is 12.2. The summed E-state index contributed by atoms with van der Waals surface area (Å²) in [6.45, 7) is 6.77. The van der Waals surface area contributed by atoms with E-state index in [0.717, 1.165) is 55.6 Å². The number of carbonyl (C=O) groups excluding carboxylic acids is 2. The monoisotopic (exact) mass is 508 g/mol. The first-order valence-corrected chi connectivity index (χ1v) is 14.0. The van der Waals surface area contributed by atoms with Crippen LogP contribution in [0.25, 0.3) is 0 Å². The fourth-order valence-corrected chi connectivity index (χ4v) is 6.41. The highest BCUT2D eigenvalue weighted by atomic mass is 32.2. The minimum atomic E-state index is -0.246. The summed E-state index contributed by atoms with van der Waals surface area (Å²) >= 11 is 1.55. The Kier molecular flexibility index (Phi) is 8.59. The maximum Gasteiger partial charge on any atom is 0.252 e. The van der Waals surface area contributed by atoms with Gasteiger partial charge in [0.2, 0.25) is 0 Å². The second-order valence-corrected chi connectivity index (χ2v) is 11.0. The Hall–Kier alpha value is -2.39. The summed E-state index contributed by atoms with van der Waals surface area (Å²) in [4.78, 5) is 31.1. The number of nitrogens with zero attached hydrogens (tertiary/aromatic N) is 2. The van der Waals surface area contributed by atoms with Gasteiger partial charge in [-0.3, -0.25) is 14.5 Å². The topological polar surface area (TPSA) is 73.9 Å². The molecule has 36 heavy (non-hydrogen) atoms. The van der Waals surface area contributed by atoms with Crippen molar-refractivity contribution in [3.05, 3.63) is 59.7 Å². The van der Waals surface area contributed by atoms with Crippen LogP contribution in [-0.4, -0.2) is 79.5 Å². The molecule has 0 bridgehead atoms. The fraction of sp³-hybridized carbons (Fsp3) is 0.500. The largest absolute Gasteiger partial charge is 0.379 e. The number of nitrogens with one attached hydrogen (secondary N) is 2.